The minimum Gasteiger partial charge on any atom is -0.349 e. The number of amides is 1. The molecule has 8 nitrogen and oxygen atoms in total. The highest BCUT2D eigenvalue weighted by Gasteiger charge is 2.18. The summed E-state index contributed by atoms with van der Waals surface area (Å²) in [6, 6.07) is 15.2. The number of anilines is 2. The molecule has 11 heteroatoms. The molecule has 2 aromatic carbocycles. The molecular formula is C20H15N5O3S3. The van der Waals surface area contributed by atoms with Gasteiger partial charge in [0.25, 0.3) is 0 Å². The van der Waals surface area contributed by atoms with Crippen LogP contribution in [0.1, 0.15) is 0 Å². The lowest BCUT2D eigenvalue weighted by Crippen LogP contribution is -2.13. The zero-order chi connectivity index (χ0) is 22.9. The Morgan fingerprint density at radius 1 is 0.903 bits per heavy atom. The Morgan fingerprint density at radius 3 is 1.81 bits per heavy atom. The summed E-state index contributed by atoms with van der Waals surface area (Å²) in [7, 11) is -3.78. The third-order valence-electron chi connectivity index (χ3n) is 3.79. The van der Waals surface area contributed by atoms with Crippen LogP contribution in [0, 0.1) is 33.3 Å². The van der Waals surface area contributed by atoms with Crippen LogP contribution in [0.4, 0.5) is 11.4 Å². The maximum absolute atomic E-state index is 12.9. The SMILES string of the molecule is CSC(Nc1ccc(S(=O)(=O)c2ccc(NC(=O)CSC#N)cc2)cc1)=C(C#N)C#N. The van der Waals surface area contributed by atoms with Crippen LogP contribution in [-0.2, 0) is 14.6 Å². The molecule has 156 valence electrons. The summed E-state index contributed by atoms with van der Waals surface area (Å²) in [6.45, 7) is 0. The first kappa shape index (κ1) is 23.8. The topological polar surface area (TPSA) is 147 Å². The van der Waals surface area contributed by atoms with Crippen molar-refractivity contribution in [2.75, 3.05) is 22.6 Å². The summed E-state index contributed by atoms with van der Waals surface area (Å²) < 4.78 is 25.7. The number of sulfone groups is 1. The van der Waals surface area contributed by atoms with Gasteiger partial charge in [-0.05, 0) is 66.5 Å². The van der Waals surface area contributed by atoms with Gasteiger partial charge in [-0.15, -0.1) is 11.8 Å². The quantitative estimate of drug-likeness (QED) is 0.436. The van der Waals surface area contributed by atoms with Gasteiger partial charge < -0.3 is 10.6 Å². The van der Waals surface area contributed by atoms with E-state index in [2.05, 4.69) is 10.6 Å². The number of carbonyl (C=O) groups excluding carboxylic acids is 1. The van der Waals surface area contributed by atoms with Crippen LogP contribution in [0.25, 0.3) is 0 Å². The van der Waals surface area contributed by atoms with Crippen molar-refractivity contribution in [3.05, 3.63) is 59.1 Å². The van der Waals surface area contributed by atoms with Crippen molar-refractivity contribution in [2.24, 2.45) is 0 Å². The molecule has 0 heterocycles. The van der Waals surface area contributed by atoms with Gasteiger partial charge in [0.15, 0.2) is 5.57 Å². The smallest absolute Gasteiger partial charge is 0.235 e. The zero-order valence-corrected chi connectivity index (χ0v) is 18.6. The Bertz CT molecular complexity index is 1200. The first-order valence-electron chi connectivity index (χ1n) is 8.47. The predicted octanol–water partition coefficient (Wildman–Crippen LogP) is 3.71. The van der Waals surface area contributed by atoms with Gasteiger partial charge in [0.05, 0.1) is 15.5 Å². The molecule has 0 saturated carbocycles. The van der Waals surface area contributed by atoms with E-state index in [1.807, 2.05) is 0 Å². The molecule has 2 N–H and O–H groups in total. The van der Waals surface area contributed by atoms with Crippen LogP contribution in [0.5, 0.6) is 0 Å². The van der Waals surface area contributed by atoms with Gasteiger partial charge in [-0.3, -0.25) is 4.79 Å². The first-order valence-corrected chi connectivity index (χ1v) is 12.2. The number of nitrogens with one attached hydrogen (secondary N) is 2. The van der Waals surface area contributed by atoms with E-state index >= 15 is 0 Å². The number of thioether (sulfide) groups is 2. The maximum atomic E-state index is 12.9. The number of nitrogens with zero attached hydrogens (tertiary/aromatic N) is 3. The van der Waals surface area contributed by atoms with Crippen molar-refractivity contribution >= 4 is 50.6 Å². The minimum absolute atomic E-state index is 0.0192. The number of thiocyanates is 1. The fourth-order valence-electron chi connectivity index (χ4n) is 2.34. The number of hydrogen-bond acceptors (Lipinski definition) is 9. The number of benzene rings is 2. The van der Waals surface area contributed by atoms with E-state index in [9.17, 15) is 13.2 Å². The average molecular weight is 470 g/mol. The van der Waals surface area contributed by atoms with Gasteiger partial charge in [0.1, 0.15) is 22.6 Å². The molecule has 0 atom stereocenters. The Balaban J connectivity index is 2.18. The fourth-order valence-corrected chi connectivity index (χ4v) is 4.38. The zero-order valence-electron chi connectivity index (χ0n) is 16.1. The molecule has 0 aliphatic carbocycles. The summed E-state index contributed by atoms with van der Waals surface area (Å²) in [6.07, 6.45) is 1.71. The van der Waals surface area contributed by atoms with Gasteiger partial charge in [-0.2, -0.15) is 15.8 Å². The molecule has 0 saturated heterocycles. The second-order valence-corrected chi connectivity index (χ2v) is 9.26. The summed E-state index contributed by atoms with van der Waals surface area (Å²) in [5.74, 6) is -0.380. The van der Waals surface area contributed by atoms with Crippen LogP contribution < -0.4 is 10.6 Å². The van der Waals surface area contributed by atoms with Gasteiger partial charge in [-0.1, -0.05) is 0 Å². The molecular weight excluding hydrogens is 454 g/mol. The number of nitriles is 3. The monoisotopic (exact) mass is 469 g/mol. The van der Waals surface area contributed by atoms with Crippen LogP contribution in [-0.4, -0.2) is 26.3 Å². The Hall–Kier alpha value is -3.43. The van der Waals surface area contributed by atoms with Crippen molar-refractivity contribution in [2.45, 2.75) is 9.79 Å². The maximum Gasteiger partial charge on any atom is 0.235 e. The van der Waals surface area contributed by atoms with E-state index in [-0.39, 0.29) is 27.0 Å². The van der Waals surface area contributed by atoms with Crippen molar-refractivity contribution in [3.63, 3.8) is 0 Å². The molecule has 0 unspecified atom stereocenters. The normalized spacial score (nSPS) is 10.1. The Kier molecular flexibility index (Phi) is 8.53. The molecule has 31 heavy (non-hydrogen) atoms. The molecule has 0 fully saturated rings. The largest absolute Gasteiger partial charge is 0.349 e. The van der Waals surface area contributed by atoms with Crippen molar-refractivity contribution < 1.29 is 13.2 Å². The van der Waals surface area contributed by atoms with E-state index < -0.39 is 9.84 Å². The molecule has 0 bridgehead atoms. The number of carbonyl (C=O) groups is 1. The average Bonchev–Trinajstić information content (AvgIpc) is 2.78. The number of rotatable bonds is 8. The van der Waals surface area contributed by atoms with Gasteiger partial charge in [0, 0.05) is 11.4 Å². The number of allylic oxidation sites excluding steroid dienone is 1. The van der Waals surface area contributed by atoms with Crippen molar-refractivity contribution in [1.29, 1.82) is 15.8 Å². The van der Waals surface area contributed by atoms with E-state index in [1.54, 1.807) is 23.8 Å². The predicted molar refractivity (Wildman–Crippen MR) is 120 cm³/mol. The van der Waals surface area contributed by atoms with Gasteiger partial charge >= 0.3 is 0 Å². The molecule has 0 aromatic heterocycles. The lowest BCUT2D eigenvalue weighted by molar-refractivity contribution is -0.113. The summed E-state index contributed by atoms with van der Waals surface area (Å²) in [5, 5.41) is 34.1. The molecule has 0 aliphatic heterocycles. The molecule has 2 aromatic rings. The van der Waals surface area contributed by atoms with Crippen molar-refractivity contribution in [1.82, 2.24) is 0 Å². The third kappa shape index (κ3) is 6.27. The molecule has 0 spiro atoms. The first-order chi connectivity index (χ1) is 14.8. The van der Waals surface area contributed by atoms with E-state index in [0.29, 0.717) is 16.4 Å². The molecule has 1 amide bonds. The van der Waals surface area contributed by atoms with E-state index in [4.69, 9.17) is 15.8 Å². The second kappa shape index (κ2) is 11.1. The molecule has 0 aliphatic rings. The third-order valence-corrected chi connectivity index (χ3v) is 6.83. The molecule has 0 radical (unpaired) electrons. The molecule has 2 rings (SSSR count). The standard InChI is InChI=1S/C20H15N5O3S3/c1-29-20(14(10-21)11-22)25-16-4-8-18(9-5-16)31(27,28)17-6-2-15(3-7-17)24-19(26)12-30-13-23/h2-9,25H,12H2,1H3,(H,24,26). The fraction of sp³-hybridized carbons (Fsp3) is 0.100. The summed E-state index contributed by atoms with van der Waals surface area (Å²) in [4.78, 5) is 11.8. The minimum atomic E-state index is -3.78. The van der Waals surface area contributed by atoms with Crippen LogP contribution >= 0.6 is 23.5 Å². The Morgan fingerprint density at radius 2 is 1.39 bits per heavy atom. The van der Waals surface area contributed by atoms with E-state index in [1.165, 1.54) is 60.3 Å². The van der Waals surface area contributed by atoms with Crippen LogP contribution in [0.3, 0.4) is 0 Å². The summed E-state index contributed by atoms with van der Waals surface area (Å²) in [5.41, 5.74) is 0.881. The van der Waals surface area contributed by atoms with Crippen LogP contribution in [0.2, 0.25) is 0 Å². The number of hydrogen-bond donors (Lipinski definition) is 2. The second-order valence-electron chi connectivity index (χ2n) is 5.74. The highest BCUT2D eigenvalue weighted by atomic mass is 32.2. The van der Waals surface area contributed by atoms with Gasteiger partial charge in [-0.25, -0.2) is 8.42 Å². The highest BCUT2D eigenvalue weighted by Crippen LogP contribution is 2.26. The Labute approximate surface area is 188 Å². The lowest BCUT2D eigenvalue weighted by atomic mass is 10.3. The summed E-state index contributed by atoms with van der Waals surface area (Å²) >= 11 is 2.00. The van der Waals surface area contributed by atoms with Crippen LogP contribution in [0.15, 0.2) is 68.9 Å². The van der Waals surface area contributed by atoms with Crippen molar-refractivity contribution in [3.8, 4) is 17.5 Å². The lowest BCUT2D eigenvalue weighted by Gasteiger charge is -2.10. The highest BCUT2D eigenvalue weighted by molar-refractivity contribution is 8.04. The van der Waals surface area contributed by atoms with E-state index in [0.717, 1.165) is 11.8 Å². The van der Waals surface area contributed by atoms with Gasteiger partial charge in [0.2, 0.25) is 15.7 Å².